The lowest BCUT2D eigenvalue weighted by atomic mass is 9.74. The van der Waals surface area contributed by atoms with Crippen LogP contribution in [0.25, 0.3) is 43.1 Å². The monoisotopic (exact) mass is 842 g/mol. The van der Waals surface area contributed by atoms with Crippen molar-refractivity contribution < 1.29 is 0 Å². The Morgan fingerprint density at radius 3 is 1.27 bits per heavy atom. The van der Waals surface area contributed by atoms with Gasteiger partial charge in [0.1, 0.15) is 0 Å². The van der Waals surface area contributed by atoms with Crippen LogP contribution in [0, 0.1) is 0 Å². The lowest BCUT2D eigenvalue weighted by molar-refractivity contribution is 0.603. The molecule has 9 aromatic rings. The molecule has 1 heterocycles. The van der Waals surface area contributed by atoms with Crippen LogP contribution in [0.5, 0.6) is 0 Å². The number of rotatable bonds is 7. The normalized spacial score (nSPS) is 15.1. The van der Waals surface area contributed by atoms with Crippen molar-refractivity contribution in [1.29, 1.82) is 0 Å². The van der Waals surface area contributed by atoms with Crippen molar-refractivity contribution in [2.45, 2.75) is 57.8 Å². The lowest BCUT2D eigenvalue weighted by Crippen LogP contribution is -2.23. The maximum absolute atomic E-state index is 2.52. The third-order valence-corrected chi connectivity index (χ3v) is 15.9. The van der Waals surface area contributed by atoms with Gasteiger partial charge in [-0.25, -0.2) is 0 Å². The fourth-order valence-corrected chi connectivity index (χ4v) is 13.1. The van der Waals surface area contributed by atoms with Gasteiger partial charge in [-0.15, -0.1) is 11.3 Å². The van der Waals surface area contributed by atoms with Crippen LogP contribution >= 0.6 is 11.3 Å². The molecule has 0 bridgehead atoms. The molecule has 1 aromatic heterocycles. The van der Waals surface area contributed by atoms with E-state index in [-0.39, 0.29) is 16.2 Å². The molecule has 0 saturated carbocycles. The fourth-order valence-electron chi connectivity index (χ4n) is 11.4. The van der Waals surface area contributed by atoms with Gasteiger partial charge >= 0.3 is 0 Å². The smallest absolute Gasteiger partial charge is 0.0540 e. The van der Waals surface area contributed by atoms with E-state index >= 15 is 0 Å². The van der Waals surface area contributed by atoms with Crippen LogP contribution in [0.3, 0.4) is 0 Å². The number of nitrogens with zero attached hydrogens (tertiary/aromatic N) is 2. The van der Waals surface area contributed by atoms with Crippen LogP contribution in [0.2, 0.25) is 0 Å². The molecule has 0 unspecified atom stereocenters. The number of fused-ring (bicyclic) bond motifs is 10. The van der Waals surface area contributed by atoms with E-state index in [1.807, 2.05) is 11.3 Å². The van der Waals surface area contributed by atoms with Gasteiger partial charge < -0.3 is 9.80 Å². The third kappa shape index (κ3) is 5.56. The van der Waals surface area contributed by atoms with Gasteiger partial charge in [-0.05, 0) is 128 Å². The average molecular weight is 843 g/mol. The Morgan fingerprint density at radius 2 is 0.719 bits per heavy atom. The molecule has 8 aromatic carbocycles. The van der Waals surface area contributed by atoms with Crippen molar-refractivity contribution in [3.63, 3.8) is 0 Å². The zero-order valence-corrected chi connectivity index (χ0v) is 38.1. The predicted octanol–water partition coefficient (Wildman–Crippen LogP) is 17.3. The first-order chi connectivity index (χ1) is 31.0. The summed E-state index contributed by atoms with van der Waals surface area (Å²) in [4.78, 5) is 7.74. The lowest BCUT2D eigenvalue weighted by Gasteiger charge is -2.32. The number of para-hydroxylation sites is 3. The molecule has 12 rings (SSSR count). The van der Waals surface area contributed by atoms with E-state index in [2.05, 4.69) is 245 Å². The predicted molar refractivity (Wildman–Crippen MR) is 272 cm³/mol. The second-order valence-electron chi connectivity index (χ2n) is 19.3. The molecule has 0 spiro atoms. The van der Waals surface area contributed by atoms with Gasteiger partial charge in [0.2, 0.25) is 0 Å². The zero-order chi connectivity index (χ0) is 43.5. The Morgan fingerprint density at radius 1 is 0.312 bits per heavy atom. The van der Waals surface area contributed by atoms with E-state index in [1.54, 1.807) is 0 Å². The summed E-state index contributed by atoms with van der Waals surface area (Å²) in [7, 11) is 0. The molecule has 0 aliphatic heterocycles. The summed E-state index contributed by atoms with van der Waals surface area (Å²) < 4.78 is 0. The first kappa shape index (κ1) is 38.7. The fraction of sp³-hybridized carbons (Fsp3) is 0.148. The van der Waals surface area contributed by atoms with Crippen molar-refractivity contribution >= 4 is 45.5 Å². The van der Waals surface area contributed by atoms with Gasteiger partial charge in [0, 0.05) is 60.0 Å². The van der Waals surface area contributed by atoms with E-state index in [0.29, 0.717) is 0 Å². The van der Waals surface area contributed by atoms with Gasteiger partial charge in [-0.1, -0.05) is 169 Å². The van der Waals surface area contributed by atoms with Crippen molar-refractivity contribution in [3.05, 3.63) is 228 Å². The van der Waals surface area contributed by atoms with Crippen LogP contribution in [0.1, 0.15) is 74.9 Å². The molecular weight excluding hydrogens is 793 g/mol. The quantitative estimate of drug-likeness (QED) is 0.158. The molecule has 0 amide bonds. The molecule has 310 valence electrons. The summed E-state index contributed by atoms with van der Waals surface area (Å²) in [6.45, 7) is 14.6. The van der Waals surface area contributed by atoms with Gasteiger partial charge in [0.05, 0.1) is 5.69 Å². The van der Waals surface area contributed by atoms with Gasteiger partial charge in [0.25, 0.3) is 0 Å². The summed E-state index contributed by atoms with van der Waals surface area (Å²) >= 11 is 1.99. The largest absolute Gasteiger partial charge is 0.310 e. The number of hydrogen-bond acceptors (Lipinski definition) is 3. The van der Waals surface area contributed by atoms with E-state index in [0.717, 1.165) is 11.4 Å². The highest BCUT2D eigenvalue weighted by molar-refractivity contribution is 7.19. The molecular formula is C61H50N2S. The number of anilines is 6. The Kier molecular flexibility index (Phi) is 8.49. The minimum Gasteiger partial charge on any atom is -0.310 e. The summed E-state index contributed by atoms with van der Waals surface area (Å²) in [5.41, 5.74) is 22.8. The highest BCUT2D eigenvalue weighted by Gasteiger charge is 2.48. The molecule has 64 heavy (non-hydrogen) atoms. The second-order valence-corrected chi connectivity index (χ2v) is 20.4. The molecule has 3 aliphatic rings. The van der Waals surface area contributed by atoms with Gasteiger partial charge in [0.15, 0.2) is 0 Å². The first-order valence-corrected chi connectivity index (χ1v) is 23.4. The summed E-state index contributed by atoms with van der Waals surface area (Å²) in [6.07, 6.45) is 0. The Hall–Kier alpha value is -6.94. The van der Waals surface area contributed by atoms with E-state index < -0.39 is 0 Å². The molecule has 0 saturated heterocycles. The second kappa shape index (κ2) is 14.0. The maximum Gasteiger partial charge on any atom is 0.0540 e. The van der Waals surface area contributed by atoms with Crippen molar-refractivity contribution in [3.8, 4) is 43.1 Å². The van der Waals surface area contributed by atoms with Crippen molar-refractivity contribution in [2.75, 3.05) is 9.80 Å². The van der Waals surface area contributed by atoms with Crippen molar-refractivity contribution in [2.24, 2.45) is 0 Å². The first-order valence-electron chi connectivity index (χ1n) is 22.6. The number of hydrogen-bond donors (Lipinski definition) is 0. The molecule has 0 atom stereocenters. The molecule has 2 nitrogen and oxygen atoms in total. The number of benzene rings is 8. The number of thiophene rings is 1. The van der Waals surface area contributed by atoms with Gasteiger partial charge in [-0.3, -0.25) is 0 Å². The standard InChI is InChI=1S/C61H50N2S/c1-59(2)50-28-18-16-27-46(50)47-33-30-43(37-51(47)59)63(54-29-19-17-26-45(54)39-20-10-7-11-21-39)44-32-35-49-53(38-44)61(5,6)56-55-57(64-58(49)56)48-34-31-42(36-52(48)60(55,3)4)62(40-22-12-8-13-23-40)41-24-14-9-15-25-41/h7-38H,1-6H3. The van der Waals surface area contributed by atoms with Crippen molar-refractivity contribution in [1.82, 2.24) is 0 Å². The summed E-state index contributed by atoms with van der Waals surface area (Å²) in [5, 5.41) is 0. The topological polar surface area (TPSA) is 6.48 Å². The minimum atomic E-state index is -0.223. The third-order valence-electron chi connectivity index (χ3n) is 14.6. The Bertz CT molecular complexity index is 3260. The van der Waals surface area contributed by atoms with Gasteiger partial charge in [-0.2, -0.15) is 0 Å². The van der Waals surface area contributed by atoms with E-state index in [9.17, 15) is 0 Å². The SMILES string of the molecule is CC1(C)c2ccccc2-c2ccc(N(c3ccc4c(c3)C(C)(C)c3c-4sc4c3C(C)(C)c3cc(N(c5ccccc5)c5ccccc5)ccc3-4)c3ccccc3-c3ccccc3)cc21. The van der Waals surface area contributed by atoms with Crippen LogP contribution in [-0.4, -0.2) is 0 Å². The van der Waals surface area contributed by atoms with Crippen LogP contribution in [0.15, 0.2) is 194 Å². The highest BCUT2D eigenvalue weighted by atomic mass is 32.1. The molecule has 3 aliphatic carbocycles. The minimum absolute atomic E-state index is 0.117. The molecule has 0 radical (unpaired) electrons. The molecule has 3 heteroatoms. The average Bonchev–Trinajstić information content (AvgIpc) is 3.97. The Labute approximate surface area is 381 Å². The molecule has 0 N–H and O–H groups in total. The summed E-state index contributed by atoms with van der Waals surface area (Å²) in [5.74, 6) is 0. The Balaban J connectivity index is 0.987. The van der Waals surface area contributed by atoms with Crippen LogP contribution in [-0.2, 0) is 16.2 Å². The van der Waals surface area contributed by atoms with Crippen LogP contribution < -0.4 is 9.80 Å². The summed E-state index contributed by atoms with van der Waals surface area (Å²) in [6, 6.07) is 71.8. The highest BCUT2D eigenvalue weighted by Crippen LogP contribution is 2.64. The van der Waals surface area contributed by atoms with E-state index in [4.69, 9.17) is 0 Å². The van der Waals surface area contributed by atoms with Crippen LogP contribution in [0.4, 0.5) is 34.1 Å². The molecule has 0 fully saturated rings. The van der Waals surface area contributed by atoms with E-state index in [1.165, 1.54) is 99.3 Å². The maximum atomic E-state index is 2.52. The zero-order valence-electron chi connectivity index (χ0n) is 37.3.